The van der Waals surface area contributed by atoms with Crippen molar-refractivity contribution in [1.29, 1.82) is 0 Å². The number of hydrogen-bond acceptors (Lipinski definition) is 3. The summed E-state index contributed by atoms with van der Waals surface area (Å²) in [6.07, 6.45) is 2.66. The zero-order valence-corrected chi connectivity index (χ0v) is 8.33. The van der Waals surface area contributed by atoms with Crippen molar-refractivity contribution in [2.75, 3.05) is 26.2 Å². The first-order valence-electron chi connectivity index (χ1n) is 5.11. The van der Waals surface area contributed by atoms with E-state index in [1.54, 1.807) is 0 Å². The number of ketones is 1. The van der Waals surface area contributed by atoms with Crippen LogP contribution >= 0.6 is 0 Å². The van der Waals surface area contributed by atoms with Crippen LogP contribution in [0.5, 0.6) is 0 Å². The molecule has 0 aliphatic carbocycles. The minimum atomic E-state index is 0.278. The number of aliphatic hydroxyl groups is 1. The van der Waals surface area contributed by atoms with Crippen molar-refractivity contribution in [2.24, 2.45) is 5.92 Å². The van der Waals surface area contributed by atoms with Gasteiger partial charge in [0.1, 0.15) is 5.78 Å². The maximum atomic E-state index is 11.1. The summed E-state index contributed by atoms with van der Waals surface area (Å²) in [6, 6.07) is 0. The van der Waals surface area contributed by atoms with Crippen LogP contribution in [0.2, 0.25) is 0 Å². The first-order valence-corrected chi connectivity index (χ1v) is 5.11. The average Bonchev–Trinajstić information content (AvgIpc) is 2.53. The Morgan fingerprint density at radius 1 is 1.62 bits per heavy atom. The van der Waals surface area contributed by atoms with Crippen molar-refractivity contribution in [1.82, 2.24) is 4.90 Å². The molecule has 76 valence electrons. The molecule has 3 heteroatoms. The summed E-state index contributed by atoms with van der Waals surface area (Å²) < 4.78 is 0. The molecule has 1 aliphatic heterocycles. The van der Waals surface area contributed by atoms with Crippen molar-refractivity contribution in [3.05, 3.63) is 0 Å². The minimum Gasteiger partial charge on any atom is -0.396 e. The van der Waals surface area contributed by atoms with Gasteiger partial charge in [0.05, 0.1) is 6.54 Å². The summed E-state index contributed by atoms with van der Waals surface area (Å²) in [7, 11) is 0. The lowest BCUT2D eigenvalue weighted by molar-refractivity contribution is -0.119. The number of Topliss-reactive ketones (excluding diaryl/α,β-unsaturated/α-hetero) is 1. The van der Waals surface area contributed by atoms with Gasteiger partial charge in [0, 0.05) is 19.6 Å². The summed E-state index contributed by atoms with van der Waals surface area (Å²) in [4.78, 5) is 13.3. The third kappa shape index (κ3) is 3.44. The Kier molecular flexibility index (Phi) is 4.39. The summed E-state index contributed by atoms with van der Waals surface area (Å²) in [5, 5.41) is 8.76. The smallest absolute Gasteiger partial charge is 0.146 e. The normalized spacial score (nSPS) is 23.7. The van der Waals surface area contributed by atoms with Crippen LogP contribution < -0.4 is 0 Å². The molecule has 0 saturated carbocycles. The van der Waals surface area contributed by atoms with Gasteiger partial charge in [0.15, 0.2) is 0 Å². The average molecular weight is 185 g/mol. The van der Waals surface area contributed by atoms with Gasteiger partial charge in [0.25, 0.3) is 0 Å². The van der Waals surface area contributed by atoms with E-state index in [2.05, 4.69) is 4.90 Å². The van der Waals surface area contributed by atoms with Crippen LogP contribution in [0, 0.1) is 5.92 Å². The van der Waals surface area contributed by atoms with Gasteiger partial charge >= 0.3 is 0 Å². The minimum absolute atomic E-state index is 0.278. The van der Waals surface area contributed by atoms with Gasteiger partial charge < -0.3 is 5.11 Å². The highest BCUT2D eigenvalue weighted by atomic mass is 16.3. The molecule has 0 aromatic carbocycles. The molecule has 1 atom stereocenters. The van der Waals surface area contributed by atoms with E-state index < -0.39 is 0 Å². The Morgan fingerprint density at radius 2 is 2.38 bits per heavy atom. The molecule has 1 fully saturated rings. The van der Waals surface area contributed by atoms with Crippen LogP contribution in [0.3, 0.4) is 0 Å². The van der Waals surface area contributed by atoms with Crippen LogP contribution in [-0.2, 0) is 4.79 Å². The lowest BCUT2D eigenvalue weighted by Crippen LogP contribution is -2.27. The van der Waals surface area contributed by atoms with Crippen molar-refractivity contribution in [3.8, 4) is 0 Å². The standard InChI is InChI=1S/C10H19NO2/c1-2-10(13)8-11-5-3-9(7-11)4-6-12/h9,12H,2-8H2,1H3. The summed E-state index contributed by atoms with van der Waals surface area (Å²) in [6.45, 7) is 4.81. The molecule has 1 saturated heterocycles. The van der Waals surface area contributed by atoms with Gasteiger partial charge in [-0.25, -0.2) is 0 Å². The second-order valence-electron chi connectivity index (χ2n) is 3.79. The van der Waals surface area contributed by atoms with E-state index in [1.807, 2.05) is 6.92 Å². The number of likely N-dealkylation sites (tertiary alicyclic amines) is 1. The zero-order valence-electron chi connectivity index (χ0n) is 8.33. The van der Waals surface area contributed by atoms with Gasteiger partial charge in [-0.3, -0.25) is 9.69 Å². The van der Waals surface area contributed by atoms with E-state index in [1.165, 1.54) is 0 Å². The highest BCUT2D eigenvalue weighted by Gasteiger charge is 2.22. The fraction of sp³-hybridized carbons (Fsp3) is 0.900. The number of carbonyl (C=O) groups is 1. The van der Waals surface area contributed by atoms with Crippen molar-refractivity contribution in [2.45, 2.75) is 26.2 Å². The predicted octanol–water partition coefficient (Wildman–Crippen LogP) is 0.670. The van der Waals surface area contributed by atoms with E-state index in [0.29, 0.717) is 24.7 Å². The van der Waals surface area contributed by atoms with Gasteiger partial charge in [-0.05, 0) is 25.3 Å². The SMILES string of the molecule is CCC(=O)CN1CCC(CCO)C1. The molecule has 1 N–H and O–H groups in total. The molecular weight excluding hydrogens is 166 g/mol. The fourth-order valence-corrected chi connectivity index (χ4v) is 1.84. The molecule has 1 rings (SSSR count). The fourth-order valence-electron chi connectivity index (χ4n) is 1.84. The van der Waals surface area contributed by atoms with E-state index in [-0.39, 0.29) is 6.61 Å². The Balaban J connectivity index is 2.20. The third-order valence-corrected chi connectivity index (χ3v) is 2.70. The molecule has 1 heterocycles. The van der Waals surface area contributed by atoms with Crippen molar-refractivity contribution < 1.29 is 9.90 Å². The first-order chi connectivity index (χ1) is 6.26. The second-order valence-corrected chi connectivity index (χ2v) is 3.79. The molecule has 0 amide bonds. The molecule has 0 aromatic rings. The van der Waals surface area contributed by atoms with Gasteiger partial charge in [-0.1, -0.05) is 6.92 Å². The molecule has 13 heavy (non-hydrogen) atoms. The molecule has 1 aliphatic rings. The zero-order chi connectivity index (χ0) is 9.68. The summed E-state index contributed by atoms with van der Waals surface area (Å²) >= 11 is 0. The first kappa shape index (κ1) is 10.7. The maximum absolute atomic E-state index is 11.1. The Morgan fingerprint density at radius 3 is 3.00 bits per heavy atom. The molecule has 0 bridgehead atoms. The third-order valence-electron chi connectivity index (χ3n) is 2.70. The van der Waals surface area contributed by atoms with Gasteiger partial charge in [-0.2, -0.15) is 0 Å². The van der Waals surface area contributed by atoms with Gasteiger partial charge in [0.2, 0.25) is 0 Å². The van der Waals surface area contributed by atoms with Crippen LogP contribution in [0.1, 0.15) is 26.2 Å². The monoisotopic (exact) mass is 185 g/mol. The van der Waals surface area contributed by atoms with Crippen LogP contribution in [-0.4, -0.2) is 42.0 Å². The molecule has 0 radical (unpaired) electrons. The Labute approximate surface area is 79.7 Å². The molecule has 1 unspecified atom stereocenters. The molecular formula is C10H19NO2. The number of aliphatic hydroxyl groups excluding tert-OH is 1. The highest BCUT2D eigenvalue weighted by Crippen LogP contribution is 2.18. The predicted molar refractivity (Wildman–Crippen MR) is 51.5 cm³/mol. The summed E-state index contributed by atoms with van der Waals surface area (Å²) in [5.41, 5.74) is 0. The van der Waals surface area contributed by atoms with Crippen molar-refractivity contribution in [3.63, 3.8) is 0 Å². The summed E-state index contributed by atoms with van der Waals surface area (Å²) in [5.74, 6) is 0.930. The topological polar surface area (TPSA) is 40.5 Å². The van der Waals surface area contributed by atoms with E-state index >= 15 is 0 Å². The molecule has 3 nitrogen and oxygen atoms in total. The molecule has 0 aromatic heterocycles. The number of carbonyl (C=O) groups excluding carboxylic acids is 1. The largest absolute Gasteiger partial charge is 0.396 e. The van der Waals surface area contributed by atoms with Crippen LogP contribution in [0.15, 0.2) is 0 Å². The van der Waals surface area contributed by atoms with Crippen LogP contribution in [0.4, 0.5) is 0 Å². The lowest BCUT2D eigenvalue weighted by Gasteiger charge is -2.13. The van der Waals surface area contributed by atoms with Crippen molar-refractivity contribution >= 4 is 5.78 Å². The number of hydrogen-bond donors (Lipinski definition) is 1. The van der Waals surface area contributed by atoms with E-state index in [9.17, 15) is 4.79 Å². The Bertz CT molecular complexity index is 170. The lowest BCUT2D eigenvalue weighted by atomic mass is 10.1. The highest BCUT2D eigenvalue weighted by molar-refractivity contribution is 5.80. The molecule has 0 spiro atoms. The van der Waals surface area contributed by atoms with E-state index in [0.717, 1.165) is 25.9 Å². The van der Waals surface area contributed by atoms with E-state index in [4.69, 9.17) is 5.11 Å². The maximum Gasteiger partial charge on any atom is 0.146 e. The quantitative estimate of drug-likeness (QED) is 0.684. The Hall–Kier alpha value is -0.410. The van der Waals surface area contributed by atoms with Crippen LogP contribution in [0.25, 0.3) is 0 Å². The van der Waals surface area contributed by atoms with Gasteiger partial charge in [-0.15, -0.1) is 0 Å². The number of rotatable bonds is 5. The second kappa shape index (κ2) is 5.35. The number of nitrogens with zero attached hydrogens (tertiary/aromatic N) is 1.